The van der Waals surface area contributed by atoms with Crippen molar-refractivity contribution in [3.05, 3.63) is 76.1 Å². The number of carbonyl (C=O) groups excluding carboxylic acids is 1. The number of aliphatic hydroxyl groups is 1. The number of aromatic nitrogens is 2. The first-order chi connectivity index (χ1) is 16.2. The van der Waals surface area contributed by atoms with Crippen molar-refractivity contribution < 1.29 is 33.0 Å². The monoisotopic (exact) mass is 495 g/mol. The van der Waals surface area contributed by atoms with Gasteiger partial charge in [0.2, 0.25) is 0 Å². The average molecular weight is 495 g/mol. The Morgan fingerprint density at radius 3 is 2.79 bits per heavy atom. The van der Waals surface area contributed by atoms with Crippen LogP contribution in [0.2, 0.25) is 0 Å². The summed E-state index contributed by atoms with van der Waals surface area (Å²) in [6, 6.07) is 8.27. The summed E-state index contributed by atoms with van der Waals surface area (Å²) in [6.07, 6.45) is -0.233. The smallest absolute Gasteiger partial charge is 0.459 e. The Hall–Kier alpha value is -3.02. The van der Waals surface area contributed by atoms with Gasteiger partial charge >= 0.3 is 19.4 Å². The zero-order valence-corrected chi connectivity index (χ0v) is 19.3. The zero-order chi connectivity index (χ0) is 24.7. The Kier molecular flexibility index (Phi) is 8.59. The highest BCUT2D eigenvalue weighted by Gasteiger charge is 2.39. The maximum atomic E-state index is 13.5. The van der Waals surface area contributed by atoms with Crippen LogP contribution in [0.1, 0.15) is 19.6 Å². The molecule has 13 heteroatoms. The summed E-state index contributed by atoms with van der Waals surface area (Å²) in [5.41, 5.74) is -1.26. The van der Waals surface area contributed by atoms with Crippen molar-refractivity contribution in [1.82, 2.24) is 14.6 Å². The minimum Gasteiger partial charge on any atom is -0.460 e. The van der Waals surface area contributed by atoms with Crippen molar-refractivity contribution >= 4 is 13.7 Å². The van der Waals surface area contributed by atoms with Gasteiger partial charge in [0.1, 0.15) is 30.7 Å². The highest BCUT2D eigenvalue weighted by Crippen LogP contribution is 2.45. The zero-order valence-electron chi connectivity index (χ0n) is 18.4. The van der Waals surface area contributed by atoms with E-state index in [4.69, 9.17) is 18.5 Å². The number of ether oxygens (including phenoxy) is 2. The number of nitrogens with one attached hydrogen (secondary N) is 2. The fourth-order valence-electron chi connectivity index (χ4n) is 3.13. The van der Waals surface area contributed by atoms with Gasteiger partial charge in [0.05, 0.1) is 12.7 Å². The van der Waals surface area contributed by atoms with Gasteiger partial charge < -0.3 is 19.1 Å². The van der Waals surface area contributed by atoms with Crippen LogP contribution >= 0.6 is 7.75 Å². The van der Waals surface area contributed by atoms with E-state index in [2.05, 4.69) is 16.7 Å². The van der Waals surface area contributed by atoms with E-state index in [0.29, 0.717) is 0 Å². The Balaban J connectivity index is 1.71. The number of H-pyrrole nitrogens is 1. The molecule has 1 aromatic heterocycles. The second kappa shape index (κ2) is 11.4. The van der Waals surface area contributed by atoms with E-state index in [1.165, 1.54) is 19.2 Å². The van der Waals surface area contributed by atoms with Gasteiger partial charge in [-0.3, -0.25) is 23.7 Å². The number of nitrogens with zero attached hydrogens (tertiary/aromatic N) is 1. The summed E-state index contributed by atoms with van der Waals surface area (Å²) in [5, 5.41) is 12.9. The van der Waals surface area contributed by atoms with E-state index in [1.807, 2.05) is 0 Å². The third-order valence-corrected chi connectivity index (χ3v) is 6.44. The molecule has 0 aliphatic carbocycles. The van der Waals surface area contributed by atoms with Gasteiger partial charge in [-0.15, -0.1) is 0 Å². The highest BCUT2D eigenvalue weighted by atomic mass is 31.2. The third-order valence-electron chi connectivity index (χ3n) is 4.79. The summed E-state index contributed by atoms with van der Waals surface area (Å²) in [5.74, 6) is -0.481. The molecule has 5 atom stereocenters. The van der Waals surface area contributed by atoms with Crippen LogP contribution in [0.4, 0.5) is 0 Å². The molecule has 1 aromatic carbocycles. The second-order valence-electron chi connectivity index (χ2n) is 7.42. The molecule has 3 N–H and O–H groups in total. The molecule has 1 aliphatic heterocycles. The lowest BCUT2D eigenvalue weighted by atomic mass is 10.2. The molecule has 2 heterocycles. The van der Waals surface area contributed by atoms with Gasteiger partial charge in [-0.25, -0.2) is 9.36 Å². The Morgan fingerprint density at radius 2 is 2.12 bits per heavy atom. The summed E-state index contributed by atoms with van der Waals surface area (Å²) in [4.78, 5) is 37.5. The lowest BCUT2D eigenvalue weighted by Crippen LogP contribution is -2.36. The first kappa shape index (κ1) is 25.6. The standard InChI is InChI=1S/C21H26N3O9P/c1-3-11-30-20(27)14(2)23-34(29,33-15-7-5-4-6-8-15)31-13-17-16(25)12-19(32-17)24-10-9-18(26)22-21(24)28/h3-10,14,16-17,19,25H,1,11-13H2,2H3,(H,23,29)(H,22,26,28)/t14-,16-,17+,19+,34?/m0/s1. The summed E-state index contributed by atoms with van der Waals surface area (Å²) >= 11 is 0. The molecule has 1 saturated heterocycles. The molecule has 184 valence electrons. The average Bonchev–Trinajstić information content (AvgIpc) is 3.16. The lowest BCUT2D eigenvalue weighted by Gasteiger charge is -2.24. The highest BCUT2D eigenvalue weighted by molar-refractivity contribution is 7.52. The fourth-order valence-corrected chi connectivity index (χ4v) is 4.63. The van der Waals surface area contributed by atoms with Gasteiger partial charge in [-0.05, 0) is 19.1 Å². The molecule has 1 fully saturated rings. The van der Waals surface area contributed by atoms with E-state index in [9.17, 15) is 24.1 Å². The lowest BCUT2D eigenvalue weighted by molar-refractivity contribution is -0.144. The van der Waals surface area contributed by atoms with Gasteiger partial charge in [0.25, 0.3) is 5.56 Å². The van der Waals surface area contributed by atoms with Crippen molar-refractivity contribution in [2.75, 3.05) is 13.2 Å². The number of hydrogen-bond donors (Lipinski definition) is 3. The number of rotatable bonds is 11. The normalized spacial score (nSPS) is 22.5. The van der Waals surface area contributed by atoms with Crippen LogP contribution in [0.25, 0.3) is 0 Å². The first-order valence-electron chi connectivity index (χ1n) is 10.4. The fraction of sp³-hybridized carbons (Fsp3) is 0.381. The number of carbonyl (C=O) groups is 1. The molecule has 0 bridgehead atoms. The summed E-state index contributed by atoms with van der Waals surface area (Å²) in [6.45, 7) is 4.48. The molecule has 1 aliphatic rings. The van der Waals surface area contributed by atoms with Gasteiger partial charge in [0.15, 0.2) is 0 Å². The molecule has 0 saturated carbocycles. The van der Waals surface area contributed by atoms with Crippen LogP contribution in [-0.4, -0.2) is 52.1 Å². The molecular formula is C21H26N3O9P. The summed E-state index contributed by atoms with van der Waals surface area (Å²) in [7, 11) is -4.15. The number of benzene rings is 1. The number of esters is 1. The maximum Gasteiger partial charge on any atom is 0.459 e. The number of hydrogen-bond acceptors (Lipinski definition) is 9. The molecule has 3 rings (SSSR count). The number of aromatic amines is 1. The largest absolute Gasteiger partial charge is 0.460 e. The Bertz CT molecular complexity index is 1150. The number of aliphatic hydroxyl groups excluding tert-OH is 1. The van der Waals surface area contributed by atoms with Gasteiger partial charge in [0, 0.05) is 18.7 Å². The van der Waals surface area contributed by atoms with Crippen LogP contribution < -0.4 is 20.9 Å². The minimum absolute atomic E-state index is 0.0246. The molecule has 0 amide bonds. The Morgan fingerprint density at radius 1 is 1.38 bits per heavy atom. The van der Waals surface area contributed by atoms with Crippen LogP contribution in [0.15, 0.2) is 64.8 Å². The van der Waals surface area contributed by atoms with Crippen LogP contribution in [-0.2, 0) is 23.4 Å². The predicted molar refractivity (Wildman–Crippen MR) is 120 cm³/mol. The van der Waals surface area contributed by atoms with Gasteiger partial charge in [-0.2, -0.15) is 5.09 Å². The quantitative estimate of drug-likeness (QED) is 0.234. The predicted octanol–water partition coefficient (Wildman–Crippen LogP) is 1.10. The maximum absolute atomic E-state index is 13.5. The van der Waals surface area contributed by atoms with E-state index in [0.717, 1.165) is 10.6 Å². The van der Waals surface area contributed by atoms with Crippen molar-refractivity contribution in [2.24, 2.45) is 0 Å². The molecule has 12 nitrogen and oxygen atoms in total. The van der Waals surface area contributed by atoms with Gasteiger partial charge in [-0.1, -0.05) is 30.9 Å². The number of para-hydroxylation sites is 1. The molecule has 0 radical (unpaired) electrons. The van der Waals surface area contributed by atoms with Crippen molar-refractivity contribution in [3.8, 4) is 5.75 Å². The van der Waals surface area contributed by atoms with Crippen molar-refractivity contribution in [3.63, 3.8) is 0 Å². The third kappa shape index (κ3) is 6.75. The molecule has 1 unspecified atom stereocenters. The molecule has 0 spiro atoms. The summed E-state index contributed by atoms with van der Waals surface area (Å²) < 4.78 is 36.3. The van der Waals surface area contributed by atoms with Crippen molar-refractivity contribution in [1.29, 1.82) is 0 Å². The SMILES string of the molecule is C=CCOC(=O)[C@H](C)NP(=O)(OC[C@H]1O[C@@H](n2ccc(=O)[nH]c2=O)C[C@@H]1O)Oc1ccccc1. The minimum atomic E-state index is -4.15. The molecule has 2 aromatic rings. The first-order valence-corrected chi connectivity index (χ1v) is 11.9. The van der Waals surface area contributed by atoms with E-state index < -0.39 is 49.4 Å². The second-order valence-corrected chi connectivity index (χ2v) is 9.11. The van der Waals surface area contributed by atoms with Crippen LogP contribution in [0.5, 0.6) is 5.75 Å². The van der Waals surface area contributed by atoms with Crippen LogP contribution in [0.3, 0.4) is 0 Å². The Labute approximate surface area is 194 Å². The van der Waals surface area contributed by atoms with E-state index in [1.54, 1.807) is 30.3 Å². The van der Waals surface area contributed by atoms with Crippen molar-refractivity contribution in [2.45, 2.75) is 37.8 Å². The van der Waals surface area contributed by atoms with Crippen LogP contribution in [0, 0.1) is 0 Å². The topological polar surface area (TPSA) is 158 Å². The molecule has 34 heavy (non-hydrogen) atoms. The van der Waals surface area contributed by atoms with E-state index in [-0.39, 0.29) is 25.4 Å². The van der Waals surface area contributed by atoms with E-state index >= 15 is 0 Å². The molecular weight excluding hydrogens is 469 g/mol.